The van der Waals surface area contributed by atoms with Gasteiger partial charge in [-0.2, -0.15) is 0 Å². The van der Waals surface area contributed by atoms with Crippen molar-refractivity contribution < 1.29 is 9.59 Å². The van der Waals surface area contributed by atoms with E-state index in [1.54, 1.807) is 24.3 Å². The highest BCUT2D eigenvalue weighted by Crippen LogP contribution is 2.22. The number of benzene rings is 2. The highest BCUT2D eigenvalue weighted by Gasteiger charge is 2.09. The fraction of sp³-hybridized carbons (Fsp3) is 0.250. The lowest BCUT2D eigenvalue weighted by molar-refractivity contribution is -0.118. The van der Waals surface area contributed by atoms with E-state index in [0.717, 1.165) is 11.1 Å². The largest absolute Gasteiger partial charge is 0.368 e. The van der Waals surface area contributed by atoms with Crippen LogP contribution in [0.3, 0.4) is 0 Å². The van der Waals surface area contributed by atoms with Crippen LogP contribution in [0.4, 0.5) is 11.6 Å². The van der Waals surface area contributed by atoms with Crippen molar-refractivity contribution in [1.82, 2.24) is 20.6 Å². The molecule has 0 atom stereocenters. The third-order valence-electron chi connectivity index (χ3n) is 4.74. The fourth-order valence-electron chi connectivity index (χ4n) is 3.08. The molecule has 33 heavy (non-hydrogen) atoms. The first kappa shape index (κ1) is 24.0. The summed E-state index contributed by atoms with van der Waals surface area (Å²) in [6, 6.07) is 16.5. The molecule has 0 aliphatic carbocycles. The topological polar surface area (TPSA) is 108 Å². The average molecular weight is 467 g/mol. The highest BCUT2D eigenvalue weighted by molar-refractivity contribution is 6.30. The zero-order valence-corrected chi connectivity index (χ0v) is 19.4. The van der Waals surface area contributed by atoms with Gasteiger partial charge in [-0.3, -0.25) is 9.59 Å². The Bertz CT molecular complexity index is 1100. The maximum atomic E-state index is 12.4. The van der Waals surface area contributed by atoms with Gasteiger partial charge in [-0.1, -0.05) is 29.8 Å². The van der Waals surface area contributed by atoms with Gasteiger partial charge in [0.1, 0.15) is 11.6 Å². The van der Waals surface area contributed by atoms with Crippen LogP contribution >= 0.6 is 11.6 Å². The van der Waals surface area contributed by atoms with Crippen molar-refractivity contribution in [2.75, 3.05) is 36.8 Å². The molecule has 2 amide bonds. The summed E-state index contributed by atoms with van der Waals surface area (Å²) in [6.45, 7) is 5.29. The quantitative estimate of drug-likeness (QED) is 0.341. The molecule has 4 N–H and O–H groups in total. The van der Waals surface area contributed by atoms with Crippen LogP contribution < -0.4 is 21.3 Å². The van der Waals surface area contributed by atoms with E-state index in [2.05, 4.69) is 31.2 Å². The van der Waals surface area contributed by atoms with Gasteiger partial charge in [0.05, 0.1) is 0 Å². The Labute approximate surface area is 198 Å². The first-order valence-corrected chi connectivity index (χ1v) is 11.0. The van der Waals surface area contributed by atoms with E-state index in [4.69, 9.17) is 11.6 Å². The summed E-state index contributed by atoms with van der Waals surface area (Å²) in [5, 5.41) is 12.7. The molecule has 3 aromatic rings. The molecule has 0 radical (unpaired) electrons. The zero-order chi connectivity index (χ0) is 23.6. The molecule has 1 aromatic heterocycles. The number of anilines is 2. The summed E-state index contributed by atoms with van der Waals surface area (Å²) < 4.78 is 0. The SMILES string of the molecule is CC(=O)NCCNc1cc(NCCNC(=O)c2ccccc2C)nc(-c2ccc(Cl)cc2)n1. The Balaban J connectivity index is 1.65. The van der Waals surface area contributed by atoms with E-state index >= 15 is 0 Å². The third-order valence-corrected chi connectivity index (χ3v) is 4.99. The Morgan fingerprint density at radius 3 is 2.06 bits per heavy atom. The molecule has 0 spiro atoms. The molecule has 0 saturated heterocycles. The molecular weight excluding hydrogens is 440 g/mol. The second-order valence-electron chi connectivity index (χ2n) is 7.38. The molecule has 1 heterocycles. The van der Waals surface area contributed by atoms with Crippen LogP contribution in [0.15, 0.2) is 54.6 Å². The number of rotatable bonds is 10. The molecule has 3 rings (SSSR count). The van der Waals surface area contributed by atoms with Gasteiger partial charge in [0, 0.05) is 55.3 Å². The molecule has 9 heteroatoms. The number of amides is 2. The lowest BCUT2D eigenvalue weighted by Gasteiger charge is -2.13. The van der Waals surface area contributed by atoms with E-state index < -0.39 is 0 Å². The van der Waals surface area contributed by atoms with E-state index in [1.807, 2.05) is 37.3 Å². The summed E-state index contributed by atoms with van der Waals surface area (Å²) in [5.74, 6) is 1.56. The normalized spacial score (nSPS) is 10.4. The van der Waals surface area contributed by atoms with E-state index in [9.17, 15) is 9.59 Å². The third kappa shape index (κ3) is 7.47. The van der Waals surface area contributed by atoms with Gasteiger partial charge in [-0.25, -0.2) is 9.97 Å². The van der Waals surface area contributed by atoms with Crippen LogP contribution in [-0.2, 0) is 4.79 Å². The van der Waals surface area contributed by atoms with Gasteiger partial charge in [0.25, 0.3) is 5.91 Å². The number of nitrogens with one attached hydrogen (secondary N) is 4. The van der Waals surface area contributed by atoms with Crippen molar-refractivity contribution in [2.45, 2.75) is 13.8 Å². The summed E-state index contributed by atoms with van der Waals surface area (Å²) in [4.78, 5) is 32.6. The van der Waals surface area contributed by atoms with Crippen LogP contribution in [0.5, 0.6) is 0 Å². The minimum Gasteiger partial charge on any atom is -0.368 e. The monoisotopic (exact) mass is 466 g/mol. The Kier molecular flexibility index (Phi) is 8.60. The minimum atomic E-state index is -0.111. The van der Waals surface area contributed by atoms with Crippen molar-refractivity contribution in [1.29, 1.82) is 0 Å². The fourth-order valence-corrected chi connectivity index (χ4v) is 3.20. The minimum absolute atomic E-state index is 0.0866. The van der Waals surface area contributed by atoms with E-state index in [1.165, 1.54) is 6.92 Å². The zero-order valence-electron chi connectivity index (χ0n) is 18.6. The van der Waals surface area contributed by atoms with Crippen LogP contribution in [0.2, 0.25) is 5.02 Å². The lowest BCUT2D eigenvalue weighted by Crippen LogP contribution is -2.29. The maximum absolute atomic E-state index is 12.4. The molecule has 0 bridgehead atoms. The molecule has 2 aromatic carbocycles. The van der Waals surface area contributed by atoms with Gasteiger partial charge in [0.2, 0.25) is 5.91 Å². The Hall–Kier alpha value is -3.65. The van der Waals surface area contributed by atoms with Gasteiger partial charge in [-0.05, 0) is 42.8 Å². The number of hydrogen-bond donors (Lipinski definition) is 4. The molecular formula is C24H27ClN6O2. The predicted octanol–water partition coefficient (Wildman–Crippen LogP) is 3.50. The van der Waals surface area contributed by atoms with Gasteiger partial charge in [0.15, 0.2) is 5.82 Å². The number of aromatic nitrogens is 2. The predicted molar refractivity (Wildman–Crippen MR) is 132 cm³/mol. The molecule has 0 unspecified atom stereocenters. The summed E-state index contributed by atoms with van der Waals surface area (Å²) in [7, 11) is 0. The van der Waals surface area contributed by atoms with Crippen LogP contribution in [0, 0.1) is 6.92 Å². The number of hydrogen-bond acceptors (Lipinski definition) is 6. The molecule has 0 aliphatic heterocycles. The van der Waals surface area contributed by atoms with Crippen molar-refractivity contribution in [3.05, 3.63) is 70.7 Å². The molecule has 0 fully saturated rings. The van der Waals surface area contributed by atoms with Crippen LogP contribution in [0.1, 0.15) is 22.8 Å². The average Bonchev–Trinajstić information content (AvgIpc) is 2.80. The smallest absolute Gasteiger partial charge is 0.251 e. The second-order valence-corrected chi connectivity index (χ2v) is 7.81. The van der Waals surface area contributed by atoms with Crippen molar-refractivity contribution >= 4 is 35.1 Å². The van der Waals surface area contributed by atoms with E-state index in [-0.39, 0.29) is 11.8 Å². The van der Waals surface area contributed by atoms with Gasteiger partial charge >= 0.3 is 0 Å². The van der Waals surface area contributed by atoms with Crippen molar-refractivity contribution in [3.63, 3.8) is 0 Å². The Morgan fingerprint density at radius 2 is 1.45 bits per heavy atom. The highest BCUT2D eigenvalue weighted by atomic mass is 35.5. The standard InChI is InChI=1S/C24H27ClN6O2/c1-16-5-3-4-6-20(16)24(33)29-14-13-28-22-15-21(27-12-11-26-17(2)32)30-23(31-22)18-7-9-19(25)10-8-18/h3-10,15H,11-14H2,1-2H3,(H,26,32)(H,29,33)(H2,27,28,30,31). The van der Waals surface area contributed by atoms with Gasteiger partial charge in [-0.15, -0.1) is 0 Å². The number of aryl methyl sites for hydroxylation is 1. The summed E-state index contributed by atoms with van der Waals surface area (Å²) >= 11 is 6.00. The maximum Gasteiger partial charge on any atom is 0.251 e. The second kappa shape index (κ2) is 11.8. The van der Waals surface area contributed by atoms with Gasteiger partial charge < -0.3 is 21.3 Å². The molecule has 0 saturated carbocycles. The van der Waals surface area contributed by atoms with Crippen molar-refractivity contribution in [2.24, 2.45) is 0 Å². The molecule has 0 aliphatic rings. The number of halogens is 1. The molecule has 8 nitrogen and oxygen atoms in total. The Morgan fingerprint density at radius 1 is 0.848 bits per heavy atom. The lowest BCUT2D eigenvalue weighted by atomic mass is 10.1. The van der Waals surface area contributed by atoms with Crippen molar-refractivity contribution in [3.8, 4) is 11.4 Å². The first-order chi connectivity index (χ1) is 15.9. The number of carbonyl (C=O) groups excluding carboxylic acids is 2. The first-order valence-electron chi connectivity index (χ1n) is 10.6. The number of carbonyl (C=O) groups is 2. The van der Waals surface area contributed by atoms with Crippen LogP contribution in [0.25, 0.3) is 11.4 Å². The van der Waals surface area contributed by atoms with E-state index in [0.29, 0.717) is 54.2 Å². The summed E-state index contributed by atoms with van der Waals surface area (Å²) in [6.07, 6.45) is 0. The molecule has 172 valence electrons. The van der Waals surface area contributed by atoms with Crippen LogP contribution in [-0.4, -0.2) is 48.0 Å². The number of nitrogens with zero attached hydrogens (tertiary/aromatic N) is 2. The summed E-state index contributed by atoms with van der Waals surface area (Å²) in [5.41, 5.74) is 2.41.